The molecular formula is C13H21ClN2O. The number of anilines is 1. The SMILES string of the molecule is CCC(C)N(CCOC)c1cnccc1CCl. The van der Waals surface area contributed by atoms with E-state index in [-0.39, 0.29) is 0 Å². The Balaban J connectivity index is 2.94. The number of hydrogen-bond acceptors (Lipinski definition) is 3. The molecule has 0 N–H and O–H groups in total. The quantitative estimate of drug-likeness (QED) is 0.701. The van der Waals surface area contributed by atoms with E-state index < -0.39 is 0 Å². The Labute approximate surface area is 109 Å². The number of pyridine rings is 1. The van der Waals surface area contributed by atoms with Gasteiger partial charge in [-0.1, -0.05) is 6.92 Å². The van der Waals surface area contributed by atoms with Crippen LogP contribution in [0, 0.1) is 0 Å². The molecule has 1 aromatic rings. The molecule has 0 bridgehead atoms. The first-order valence-electron chi connectivity index (χ1n) is 5.99. The molecule has 4 heteroatoms. The normalized spacial score (nSPS) is 12.5. The second-order valence-electron chi connectivity index (χ2n) is 4.08. The summed E-state index contributed by atoms with van der Waals surface area (Å²) in [7, 11) is 1.72. The minimum absolute atomic E-state index is 0.455. The average Bonchev–Trinajstić information content (AvgIpc) is 2.39. The van der Waals surface area contributed by atoms with E-state index in [1.807, 2.05) is 12.3 Å². The molecule has 0 saturated heterocycles. The molecule has 0 aliphatic heterocycles. The van der Waals surface area contributed by atoms with Crippen LogP contribution >= 0.6 is 11.6 Å². The van der Waals surface area contributed by atoms with Gasteiger partial charge in [0.1, 0.15) is 0 Å². The molecule has 0 spiro atoms. The first kappa shape index (κ1) is 14.3. The van der Waals surface area contributed by atoms with Gasteiger partial charge >= 0.3 is 0 Å². The third-order valence-corrected chi connectivity index (χ3v) is 3.29. The molecule has 0 aliphatic rings. The van der Waals surface area contributed by atoms with Crippen LogP contribution in [0.4, 0.5) is 5.69 Å². The molecule has 1 aromatic heterocycles. The highest BCUT2D eigenvalue weighted by Gasteiger charge is 2.15. The molecule has 17 heavy (non-hydrogen) atoms. The molecular weight excluding hydrogens is 236 g/mol. The summed E-state index contributed by atoms with van der Waals surface area (Å²) >= 11 is 5.97. The predicted molar refractivity (Wildman–Crippen MR) is 72.8 cm³/mol. The number of aromatic nitrogens is 1. The number of hydrogen-bond donors (Lipinski definition) is 0. The standard InChI is InChI=1S/C13H21ClN2O/c1-4-11(2)16(7-8-17-3)13-10-15-6-5-12(13)9-14/h5-6,10-11H,4,7-9H2,1-3H3. The molecule has 0 radical (unpaired) electrons. The molecule has 3 nitrogen and oxygen atoms in total. The smallest absolute Gasteiger partial charge is 0.0637 e. The van der Waals surface area contributed by atoms with Crippen LogP contribution in [-0.4, -0.2) is 31.3 Å². The summed E-state index contributed by atoms with van der Waals surface area (Å²) in [6.07, 6.45) is 4.76. The van der Waals surface area contributed by atoms with Crippen molar-refractivity contribution < 1.29 is 4.74 Å². The van der Waals surface area contributed by atoms with Crippen LogP contribution in [0.5, 0.6) is 0 Å². The second kappa shape index (κ2) is 7.51. The van der Waals surface area contributed by atoms with E-state index in [0.717, 1.165) is 24.2 Å². The van der Waals surface area contributed by atoms with Crippen LogP contribution in [0.2, 0.25) is 0 Å². The van der Waals surface area contributed by atoms with Crippen LogP contribution in [-0.2, 0) is 10.6 Å². The topological polar surface area (TPSA) is 25.4 Å². The number of nitrogens with zero attached hydrogens (tertiary/aromatic N) is 2. The Morgan fingerprint density at radius 2 is 2.29 bits per heavy atom. The second-order valence-corrected chi connectivity index (χ2v) is 4.35. The zero-order chi connectivity index (χ0) is 12.7. The van der Waals surface area contributed by atoms with E-state index in [9.17, 15) is 0 Å². The van der Waals surface area contributed by atoms with Gasteiger partial charge in [-0.15, -0.1) is 11.6 Å². The molecule has 0 fully saturated rings. The third kappa shape index (κ3) is 3.86. The largest absolute Gasteiger partial charge is 0.383 e. The maximum atomic E-state index is 5.97. The molecule has 0 aromatic carbocycles. The van der Waals surface area contributed by atoms with Gasteiger partial charge < -0.3 is 9.64 Å². The van der Waals surface area contributed by atoms with E-state index in [4.69, 9.17) is 16.3 Å². The Kier molecular flexibility index (Phi) is 6.30. The molecule has 0 saturated carbocycles. The summed E-state index contributed by atoms with van der Waals surface area (Å²) in [5.74, 6) is 0.512. The highest BCUT2D eigenvalue weighted by atomic mass is 35.5. The zero-order valence-electron chi connectivity index (χ0n) is 10.8. The molecule has 96 valence electrons. The molecule has 1 unspecified atom stereocenters. The van der Waals surface area contributed by atoms with Crippen LogP contribution in [0.1, 0.15) is 25.8 Å². The van der Waals surface area contributed by atoms with Gasteiger partial charge in [-0.2, -0.15) is 0 Å². The summed E-state index contributed by atoms with van der Waals surface area (Å²) in [6.45, 7) is 5.96. The number of rotatable bonds is 7. The van der Waals surface area contributed by atoms with Crippen molar-refractivity contribution in [3.8, 4) is 0 Å². The zero-order valence-corrected chi connectivity index (χ0v) is 11.6. The van der Waals surface area contributed by atoms with Crippen molar-refractivity contribution in [3.63, 3.8) is 0 Å². The Hall–Kier alpha value is -0.800. The summed E-state index contributed by atoms with van der Waals surface area (Å²) in [4.78, 5) is 6.51. The first-order valence-corrected chi connectivity index (χ1v) is 6.52. The third-order valence-electron chi connectivity index (χ3n) is 3.00. The van der Waals surface area contributed by atoms with E-state index >= 15 is 0 Å². The van der Waals surface area contributed by atoms with Crippen LogP contribution in [0.25, 0.3) is 0 Å². The molecule has 1 atom stereocenters. The van der Waals surface area contributed by atoms with E-state index in [1.165, 1.54) is 0 Å². The van der Waals surface area contributed by atoms with Crippen molar-refractivity contribution >= 4 is 17.3 Å². The lowest BCUT2D eigenvalue weighted by molar-refractivity contribution is 0.203. The van der Waals surface area contributed by atoms with Gasteiger partial charge in [-0.3, -0.25) is 4.98 Å². The number of methoxy groups -OCH3 is 1. The maximum Gasteiger partial charge on any atom is 0.0637 e. The van der Waals surface area contributed by atoms with Gasteiger partial charge in [0.05, 0.1) is 18.5 Å². The van der Waals surface area contributed by atoms with Crippen LogP contribution in [0.15, 0.2) is 18.5 Å². The Morgan fingerprint density at radius 3 is 2.88 bits per heavy atom. The number of halogens is 1. The fraction of sp³-hybridized carbons (Fsp3) is 0.615. The van der Waals surface area contributed by atoms with Gasteiger partial charge in [0, 0.05) is 31.8 Å². The van der Waals surface area contributed by atoms with Crippen LogP contribution in [0.3, 0.4) is 0 Å². The lowest BCUT2D eigenvalue weighted by Crippen LogP contribution is -2.36. The number of alkyl halides is 1. The van der Waals surface area contributed by atoms with E-state index in [0.29, 0.717) is 18.5 Å². The van der Waals surface area contributed by atoms with Crippen molar-refractivity contribution in [1.29, 1.82) is 0 Å². The average molecular weight is 257 g/mol. The summed E-state index contributed by atoms with van der Waals surface area (Å²) in [6, 6.07) is 2.43. The van der Waals surface area contributed by atoms with Crippen LogP contribution < -0.4 is 4.90 Å². The van der Waals surface area contributed by atoms with Gasteiger partial charge in [0.2, 0.25) is 0 Å². The highest BCUT2D eigenvalue weighted by Crippen LogP contribution is 2.23. The van der Waals surface area contributed by atoms with Gasteiger partial charge in [-0.05, 0) is 25.0 Å². The van der Waals surface area contributed by atoms with E-state index in [2.05, 4.69) is 23.7 Å². The van der Waals surface area contributed by atoms with Gasteiger partial charge in [-0.25, -0.2) is 0 Å². The molecule has 0 amide bonds. The Morgan fingerprint density at radius 1 is 1.53 bits per heavy atom. The summed E-state index contributed by atoms with van der Waals surface area (Å²) in [5.41, 5.74) is 2.24. The lowest BCUT2D eigenvalue weighted by atomic mass is 10.1. The van der Waals surface area contributed by atoms with Crippen molar-refractivity contribution in [1.82, 2.24) is 4.98 Å². The lowest BCUT2D eigenvalue weighted by Gasteiger charge is -2.31. The van der Waals surface area contributed by atoms with Crippen molar-refractivity contribution in [2.45, 2.75) is 32.2 Å². The monoisotopic (exact) mass is 256 g/mol. The van der Waals surface area contributed by atoms with Crippen molar-refractivity contribution in [2.75, 3.05) is 25.2 Å². The summed E-state index contributed by atoms with van der Waals surface area (Å²) in [5, 5.41) is 0. The predicted octanol–water partition coefficient (Wildman–Crippen LogP) is 3.07. The Bertz CT molecular complexity index is 333. The molecule has 1 rings (SSSR count). The summed E-state index contributed by atoms with van der Waals surface area (Å²) < 4.78 is 5.17. The minimum atomic E-state index is 0.455. The fourth-order valence-electron chi connectivity index (χ4n) is 1.77. The number of ether oxygens (including phenoxy) is 1. The molecule has 1 heterocycles. The highest BCUT2D eigenvalue weighted by molar-refractivity contribution is 6.17. The van der Waals surface area contributed by atoms with Crippen molar-refractivity contribution in [2.24, 2.45) is 0 Å². The fourth-order valence-corrected chi connectivity index (χ4v) is 2.00. The van der Waals surface area contributed by atoms with E-state index in [1.54, 1.807) is 13.3 Å². The molecule has 0 aliphatic carbocycles. The van der Waals surface area contributed by atoms with Crippen molar-refractivity contribution in [3.05, 3.63) is 24.0 Å². The van der Waals surface area contributed by atoms with Gasteiger partial charge in [0.15, 0.2) is 0 Å². The maximum absolute atomic E-state index is 5.97. The van der Waals surface area contributed by atoms with Gasteiger partial charge in [0.25, 0.3) is 0 Å². The first-order chi connectivity index (χ1) is 8.24. The minimum Gasteiger partial charge on any atom is -0.383 e.